The number of halogens is 1. The third-order valence-corrected chi connectivity index (χ3v) is 4.96. The Kier molecular flexibility index (Phi) is 4.99. The van der Waals surface area contributed by atoms with E-state index >= 15 is 0 Å². The van der Waals surface area contributed by atoms with Crippen molar-refractivity contribution in [2.75, 3.05) is 13.1 Å². The van der Waals surface area contributed by atoms with Gasteiger partial charge in [-0.1, -0.05) is 46.3 Å². The summed E-state index contributed by atoms with van der Waals surface area (Å²) in [6, 6.07) is 17.0. The predicted molar refractivity (Wildman–Crippen MR) is 94.2 cm³/mol. The zero-order valence-corrected chi connectivity index (χ0v) is 14.1. The molecule has 2 aromatic carbocycles. The van der Waals surface area contributed by atoms with Crippen molar-refractivity contribution in [3.63, 3.8) is 0 Å². The second-order valence-corrected chi connectivity index (χ2v) is 6.86. The van der Waals surface area contributed by atoms with Crippen molar-refractivity contribution in [2.24, 2.45) is 4.99 Å². The fourth-order valence-electron chi connectivity index (χ4n) is 2.29. The molecule has 1 aliphatic rings. The Balaban J connectivity index is 1.78. The number of amidine groups is 1. The Morgan fingerprint density at radius 2 is 2.05 bits per heavy atom. The van der Waals surface area contributed by atoms with Crippen molar-refractivity contribution < 1.29 is 0 Å². The highest BCUT2D eigenvalue weighted by Gasteiger charge is 2.11. The van der Waals surface area contributed by atoms with Crippen LogP contribution in [0.25, 0.3) is 0 Å². The molecule has 1 heterocycles. The molecule has 4 heteroatoms. The van der Waals surface area contributed by atoms with Gasteiger partial charge < -0.3 is 5.32 Å². The van der Waals surface area contributed by atoms with E-state index in [1.165, 1.54) is 16.0 Å². The lowest BCUT2D eigenvalue weighted by molar-refractivity contribution is 0.741. The molecule has 3 rings (SSSR count). The smallest absolute Gasteiger partial charge is 0.129 e. The fraction of sp³-hybridized carbons (Fsp3) is 0.235. The molecule has 2 aromatic rings. The van der Waals surface area contributed by atoms with Crippen LogP contribution in [0.4, 0.5) is 0 Å². The fourth-order valence-corrected chi connectivity index (χ4v) is 3.73. The third-order valence-electron chi connectivity index (χ3n) is 3.32. The number of rotatable bonds is 4. The first kappa shape index (κ1) is 14.7. The highest BCUT2D eigenvalue weighted by Crippen LogP contribution is 2.27. The molecule has 0 unspecified atom stereocenters. The van der Waals surface area contributed by atoms with Crippen molar-refractivity contribution in [3.05, 3.63) is 64.1 Å². The summed E-state index contributed by atoms with van der Waals surface area (Å²) in [5, 5.41) is 3.41. The zero-order valence-electron chi connectivity index (χ0n) is 11.7. The van der Waals surface area contributed by atoms with E-state index in [0.717, 1.165) is 35.6 Å². The van der Waals surface area contributed by atoms with Crippen molar-refractivity contribution in [3.8, 4) is 0 Å². The van der Waals surface area contributed by atoms with Crippen LogP contribution in [0.3, 0.4) is 0 Å². The van der Waals surface area contributed by atoms with Crippen LogP contribution in [0.5, 0.6) is 0 Å². The first-order valence-corrected chi connectivity index (χ1v) is 8.86. The molecule has 21 heavy (non-hydrogen) atoms. The maximum Gasteiger partial charge on any atom is 0.129 e. The Labute approximate surface area is 138 Å². The maximum absolute atomic E-state index is 4.61. The molecule has 0 aliphatic carbocycles. The van der Waals surface area contributed by atoms with Crippen LogP contribution in [0, 0.1) is 0 Å². The molecule has 0 saturated carbocycles. The van der Waals surface area contributed by atoms with Crippen LogP contribution < -0.4 is 5.32 Å². The second kappa shape index (κ2) is 7.14. The SMILES string of the molecule is Brc1cccc(CSc2ccccc2C2=NCCCN2)c1. The topological polar surface area (TPSA) is 24.4 Å². The van der Waals surface area contributed by atoms with Gasteiger partial charge in [-0.3, -0.25) is 4.99 Å². The minimum atomic E-state index is 0.924. The van der Waals surface area contributed by atoms with Crippen molar-refractivity contribution in [1.82, 2.24) is 5.32 Å². The summed E-state index contributed by atoms with van der Waals surface area (Å²) in [5.74, 6) is 2.00. The first-order chi connectivity index (χ1) is 10.3. The molecular weight excluding hydrogens is 344 g/mol. The standard InChI is InChI=1S/C17H17BrN2S/c18-14-6-3-5-13(11-14)12-21-16-8-2-1-7-15(16)17-19-9-4-10-20-17/h1-3,5-8,11H,4,9-10,12H2,(H,19,20). The van der Waals surface area contributed by atoms with Gasteiger partial charge >= 0.3 is 0 Å². The molecule has 1 N–H and O–H groups in total. The Morgan fingerprint density at radius 1 is 1.14 bits per heavy atom. The lowest BCUT2D eigenvalue weighted by Crippen LogP contribution is -2.30. The van der Waals surface area contributed by atoms with Gasteiger partial charge in [0.2, 0.25) is 0 Å². The van der Waals surface area contributed by atoms with Gasteiger partial charge in [0.1, 0.15) is 5.84 Å². The monoisotopic (exact) mass is 360 g/mol. The quantitative estimate of drug-likeness (QED) is 0.812. The molecule has 108 valence electrons. The van der Waals surface area contributed by atoms with Crippen LogP contribution >= 0.6 is 27.7 Å². The maximum atomic E-state index is 4.61. The molecule has 1 aliphatic heterocycles. The van der Waals surface area contributed by atoms with Gasteiger partial charge in [0.05, 0.1) is 0 Å². The van der Waals surface area contributed by atoms with E-state index in [9.17, 15) is 0 Å². The van der Waals surface area contributed by atoms with Crippen LogP contribution in [0.2, 0.25) is 0 Å². The van der Waals surface area contributed by atoms with Crippen LogP contribution in [0.15, 0.2) is 62.9 Å². The van der Waals surface area contributed by atoms with Gasteiger partial charge in [0.25, 0.3) is 0 Å². The molecule has 0 fully saturated rings. The molecule has 0 bridgehead atoms. The predicted octanol–water partition coefficient (Wildman–Crippen LogP) is 4.48. The molecule has 0 atom stereocenters. The number of nitrogens with one attached hydrogen (secondary N) is 1. The Hall–Kier alpha value is -1.26. The highest BCUT2D eigenvalue weighted by molar-refractivity contribution is 9.10. The summed E-state index contributed by atoms with van der Waals surface area (Å²) in [4.78, 5) is 5.90. The lowest BCUT2D eigenvalue weighted by atomic mass is 10.2. The Bertz CT molecular complexity index is 655. The lowest BCUT2D eigenvalue weighted by Gasteiger charge is -2.17. The van der Waals surface area contributed by atoms with Gasteiger partial charge in [-0.15, -0.1) is 11.8 Å². The van der Waals surface area contributed by atoms with E-state index in [2.05, 4.69) is 74.8 Å². The van der Waals surface area contributed by atoms with Gasteiger partial charge in [-0.05, 0) is 30.2 Å². The van der Waals surface area contributed by atoms with E-state index in [1.807, 2.05) is 11.8 Å². The van der Waals surface area contributed by atoms with E-state index in [1.54, 1.807) is 0 Å². The molecule has 0 spiro atoms. The number of hydrogen-bond acceptors (Lipinski definition) is 3. The van der Waals surface area contributed by atoms with E-state index in [4.69, 9.17) is 0 Å². The number of benzene rings is 2. The summed E-state index contributed by atoms with van der Waals surface area (Å²) >= 11 is 5.39. The normalized spacial score (nSPS) is 14.4. The number of thioether (sulfide) groups is 1. The minimum Gasteiger partial charge on any atom is -0.370 e. The van der Waals surface area contributed by atoms with Gasteiger partial charge in [-0.25, -0.2) is 0 Å². The highest BCUT2D eigenvalue weighted by atomic mass is 79.9. The van der Waals surface area contributed by atoms with Crippen LogP contribution in [-0.4, -0.2) is 18.9 Å². The summed E-state index contributed by atoms with van der Waals surface area (Å²) < 4.78 is 1.13. The zero-order chi connectivity index (χ0) is 14.5. The summed E-state index contributed by atoms with van der Waals surface area (Å²) in [6.07, 6.45) is 1.12. The third kappa shape index (κ3) is 3.89. The summed E-state index contributed by atoms with van der Waals surface area (Å²) in [7, 11) is 0. The summed E-state index contributed by atoms with van der Waals surface area (Å²) in [6.45, 7) is 1.94. The van der Waals surface area contributed by atoms with Crippen molar-refractivity contribution >= 4 is 33.5 Å². The van der Waals surface area contributed by atoms with Crippen molar-refractivity contribution in [2.45, 2.75) is 17.1 Å². The molecular formula is C17H17BrN2S. The largest absolute Gasteiger partial charge is 0.370 e. The van der Waals surface area contributed by atoms with E-state index in [-0.39, 0.29) is 0 Å². The number of aliphatic imine (C=N–C) groups is 1. The van der Waals surface area contributed by atoms with Crippen molar-refractivity contribution in [1.29, 1.82) is 0 Å². The molecule has 0 aromatic heterocycles. The number of nitrogens with zero attached hydrogens (tertiary/aromatic N) is 1. The average molecular weight is 361 g/mol. The molecule has 0 radical (unpaired) electrons. The van der Waals surface area contributed by atoms with Gasteiger partial charge in [0, 0.05) is 33.8 Å². The van der Waals surface area contributed by atoms with E-state index < -0.39 is 0 Å². The van der Waals surface area contributed by atoms with Gasteiger partial charge in [-0.2, -0.15) is 0 Å². The minimum absolute atomic E-state index is 0.924. The summed E-state index contributed by atoms with van der Waals surface area (Å²) in [5.41, 5.74) is 2.54. The molecule has 2 nitrogen and oxygen atoms in total. The Morgan fingerprint density at radius 3 is 2.86 bits per heavy atom. The average Bonchev–Trinajstić information content (AvgIpc) is 2.54. The van der Waals surface area contributed by atoms with Crippen LogP contribution in [-0.2, 0) is 5.75 Å². The number of hydrogen-bond donors (Lipinski definition) is 1. The molecule has 0 amide bonds. The second-order valence-electron chi connectivity index (χ2n) is 4.93. The van der Waals surface area contributed by atoms with E-state index in [0.29, 0.717) is 0 Å². The molecule has 0 saturated heterocycles. The first-order valence-electron chi connectivity index (χ1n) is 7.08. The van der Waals surface area contributed by atoms with Crippen LogP contribution in [0.1, 0.15) is 17.5 Å². The van der Waals surface area contributed by atoms with Gasteiger partial charge in [0.15, 0.2) is 0 Å².